The summed E-state index contributed by atoms with van der Waals surface area (Å²) >= 11 is 1.32. The first-order valence-electron chi connectivity index (χ1n) is 13.0. The molecule has 40 heavy (non-hydrogen) atoms. The Hall–Kier alpha value is -3.96. The third-order valence-electron chi connectivity index (χ3n) is 7.39. The summed E-state index contributed by atoms with van der Waals surface area (Å²) in [6.45, 7) is 6.85. The molecule has 0 spiro atoms. The van der Waals surface area contributed by atoms with E-state index in [4.69, 9.17) is 20.2 Å². The lowest BCUT2D eigenvalue weighted by Crippen LogP contribution is -2.33. The van der Waals surface area contributed by atoms with Crippen LogP contribution in [0.5, 0.6) is 11.6 Å². The maximum absolute atomic E-state index is 13.8. The van der Waals surface area contributed by atoms with Gasteiger partial charge in [-0.05, 0) is 50.6 Å². The quantitative estimate of drug-likeness (QED) is 0.352. The molecule has 2 fully saturated rings. The van der Waals surface area contributed by atoms with Crippen LogP contribution in [0.15, 0.2) is 48.8 Å². The third kappa shape index (κ3) is 4.90. The number of carbonyl (C=O) groups is 1. The molecule has 0 radical (unpaired) electrons. The molecule has 9 nitrogen and oxygen atoms in total. The maximum atomic E-state index is 13.8. The number of benzene rings is 1. The van der Waals surface area contributed by atoms with E-state index < -0.39 is 11.4 Å². The number of carbonyl (C=O) groups excluding carboxylic acids is 1. The first-order chi connectivity index (χ1) is 19.1. The number of pyridine rings is 1. The van der Waals surface area contributed by atoms with Crippen LogP contribution in [-0.2, 0) is 5.54 Å². The summed E-state index contributed by atoms with van der Waals surface area (Å²) in [5, 5.41) is 0.634. The number of ether oxygens (including phenoxy) is 2. The molecule has 0 bridgehead atoms. The van der Waals surface area contributed by atoms with Crippen LogP contribution >= 0.6 is 11.3 Å². The summed E-state index contributed by atoms with van der Waals surface area (Å²) in [5.41, 5.74) is 8.53. The Labute approximate surface area is 235 Å². The van der Waals surface area contributed by atoms with Crippen LogP contribution in [0.1, 0.15) is 34.8 Å². The zero-order valence-corrected chi connectivity index (χ0v) is 23.4. The van der Waals surface area contributed by atoms with Crippen LogP contribution in [0.3, 0.4) is 0 Å². The molecule has 1 saturated carbocycles. The van der Waals surface area contributed by atoms with E-state index in [1.165, 1.54) is 30.6 Å². The second-order valence-electron chi connectivity index (χ2n) is 10.8. The summed E-state index contributed by atoms with van der Waals surface area (Å²) in [6, 6.07) is 9.81. The van der Waals surface area contributed by atoms with Gasteiger partial charge in [0.05, 0.1) is 18.5 Å². The van der Waals surface area contributed by atoms with Crippen LogP contribution < -0.4 is 15.2 Å². The van der Waals surface area contributed by atoms with Crippen molar-refractivity contribution in [3.63, 3.8) is 0 Å². The molecule has 1 aromatic carbocycles. The molecular formula is C29H29FN6O3S. The van der Waals surface area contributed by atoms with E-state index in [1.54, 1.807) is 24.5 Å². The number of rotatable bonds is 7. The van der Waals surface area contributed by atoms with E-state index in [0.29, 0.717) is 57.4 Å². The van der Waals surface area contributed by atoms with Crippen molar-refractivity contribution in [2.45, 2.75) is 32.4 Å². The maximum Gasteiger partial charge on any atom is 0.265 e. The van der Waals surface area contributed by atoms with Gasteiger partial charge in [0.15, 0.2) is 10.8 Å². The van der Waals surface area contributed by atoms with Crippen molar-refractivity contribution in [1.82, 2.24) is 24.8 Å². The number of likely N-dealkylation sites (tertiary alicyclic amines) is 1. The standard InChI is InChI=1S/C29H29FN6O3S/c1-15-25(40-27(34-15)26-32-8-5-9-33-26)28(37)36-13-19-20(14-36)24(19)39-23-11-16(29(2,3)31)10-21(35-23)18-7-6-17(30)12-22(18)38-4/h5-12,19-20,24H,13-14,31H2,1-4H3/t19-,20+,24-. The third-order valence-corrected chi connectivity index (χ3v) is 8.53. The number of amides is 1. The fourth-order valence-electron chi connectivity index (χ4n) is 5.15. The van der Waals surface area contributed by atoms with Crippen molar-refractivity contribution in [1.29, 1.82) is 0 Å². The second-order valence-corrected chi connectivity index (χ2v) is 11.8. The van der Waals surface area contributed by atoms with Crippen molar-refractivity contribution in [3.8, 4) is 33.7 Å². The largest absolute Gasteiger partial charge is 0.496 e. The Morgan fingerprint density at radius 3 is 2.52 bits per heavy atom. The number of nitrogens with zero attached hydrogens (tertiary/aromatic N) is 5. The first-order valence-corrected chi connectivity index (χ1v) is 13.8. The molecule has 3 aromatic heterocycles. The van der Waals surface area contributed by atoms with Crippen LogP contribution in [0, 0.1) is 24.6 Å². The number of thiazole rings is 1. The second kappa shape index (κ2) is 9.90. The zero-order valence-electron chi connectivity index (χ0n) is 22.6. The van der Waals surface area contributed by atoms with Crippen molar-refractivity contribution in [3.05, 3.63) is 70.7 Å². The van der Waals surface area contributed by atoms with E-state index in [-0.39, 0.29) is 23.8 Å². The number of piperidine rings is 1. The van der Waals surface area contributed by atoms with E-state index >= 15 is 0 Å². The Balaban J connectivity index is 1.18. The molecule has 1 aliphatic carbocycles. The van der Waals surface area contributed by atoms with Gasteiger partial charge in [-0.2, -0.15) is 0 Å². The predicted octanol–water partition coefficient (Wildman–Crippen LogP) is 4.46. The average Bonchev–Trinajstić information content (AvgIpc) is 3.25. The Morgan fingerprint density at radius 2 is 1.85 bits per heavy atom. The van der Waals surface area contributed by atoms with Crippen LogP contribution in [0.4, 0.5) is 4.39 Å². The van der Waals surface area contributed by atoms with Gasteiger partial charge in [0, 0.05) is 60.6 Å². The van der Waals surface area contributed by atoms with Crippen molar-refractivity contribution < 1.29 is 18.7 Å². The molecule has 2 N–H and O–H groups in total. The lowest BCUT2D eigenvalue weighted by Gasteiger charge is -2.22. The molecule has 6 rings (SSSR count). The smallest absolute Gasteiger partial charge is 0.265 e. The number of aromatic nitrogens is 4. The lowest BCUT2D eigenvalue weighted by atomic mass is 9.94. The summed E-state index contributed by atoms with van der Waals surface area (Å²) in [6.07, 6.45) is 3.27. The van der Waals surface area contributed by atoms with Gasteiger partial charge >= 0.3 is 0 Å². The highest BCUT2D eigenvalue weighted by molar-refractivity contribution is 7.17. The molecule has 3 atom stereocenters. The van der Waals surface area contributed by atoms with Gasteiger partial charge in [0.1, 0.15) is 22.5 Å². The highest BCUT2D eigenvalue weighted by Crippen LogP contribution is 2.49. The molecule has 11 heteroatoms. The van der Waals surface area contributed by atoms with Gasteiger partial charge in [-0.15, -0.1) is 11.3 Å². The summed E-state index contributed by atoms with van der Waals surface area (Å²) in [7, 11) is 1.49. The minimum Gasteiger partial charge on any atom is -0.496 e. The van der Waals surface area contributed by atoms with Gasteiger partial charge in [-0.3, -0.25) is 4.79 Å². The SMILES string of the molecule is COc1cc(F)ccc1-c1cc(C(C)(C)N)cc(O[C@@H]2[C@@H]3CN(C(=O)c4sc(-c5ncccn5)nc4C)C[C@@H]32)n1. The van der Waals surface area contributed by atoms with Crippen molar-refractivity contribution >= 4 is 17.2 Å². The molecule has 0 unspecified atom stereocenters. The fraction of sp³-hybridized carbons (Fsp3) is 0.345. The average molecular weight is 561 g/mol. The summed E-state index contributed by atoms with van der Waals surface area (Å²) < 4.78 is 25.6. The zero-order chi connectivity index (χ0) is 28.2. The van der Waals surface area contributed by atoms with Crippen LogP contribution in [-0.4, -0.2) is 57.0 Å². The molecule has 2 aliphatic rings. The van der Waals surface area contributed by atoms with Gasteiger partial charge in [0.2, 0.25) is 5.88 Å². The topological polar surface area (TPSA) is 116 Å². The van der Waals surface area contributed by atoms with Gasteiger partial charge in [-0.1, -0.05) is 0 Å². The highest BCUT2D eigenvalue weighted by Gasteiger charge is 2.59. The van der Waals surface area contributed by atoms with Crippen LogP contribution in [0.25, 0.3) is 22.1 Å². The first kappa shape index (κ1) is 26.3. The van der Waals surface area contributed by atoms with Crippen LogP contribution in [0.2, 0.25) is 0 Å². The van der Waals surface area contributed by atoms with E-state index in [2.05, 4.69) is 15.0 Å². The minimum absolute atomic E-state index is 0.0289. The van der Waals surface area contributed by atoms with Gasteiger partial charge in [-0.25, -0.2) is 24.3 Å². The molecule has 1 saturated heterocycles. The Bertz CT molecular complexity index is 1580. The number of aryl methyl sites for hydroxylation is 1. The molecule has 4 heterocycles. The summed E-state index contributed by atoms with van der Waals surface area (Å²) in [4.78, 5) is 33.6. The van der Waals surface area contributed by atoms with Crippen molar-refractivity contribution in [2.24, 2.45) is 17.6 Å². The highest BCUT2D eigenvalue weighted by atomic mass is 32.1. The molecule has 4 aromatic rings. The number of fused-ring (bicyclic) bond motifs is 1. The number of hydrogen-bond acceptors (Lipinski definition) is 9. The fourth-order valence-corrected chi connectivity index (χ4v) is 6.13. The van der Waals surface area contributed by atoms with Gasteiger partial charge in [0.25, 0.3) is 5.91 Å². The number of hydrogen-bond donors (Lipinski definition) is 1. The summed E-state index contributed by atoms with van der Waals surface area (Å²) in [5.74, 6) is 1.35. The normalized spacial score (nSPS) is 19.9. The number of methoxy groups -OCH3 is 1. The Kier molecular flexibility index (Phi) is 6.50. The van der Waals surface area contributed by atoms with Crippen molar-refractivity contribution in [2.75, 3.05) is 20.2 Å². The predicted molar refractivity (Wildman–Crippen MR) is 149 cm³/mol. The molecule has 1 amide bonds. The number of halogens is 1. The lowest BCUT2D eigenvalue weighted by molar-refractivity contribution is 0.0755. The van der Waals surface area contributed by atoms with E-state index in [9.17, 15) is 9.18 Å². The van der Waals surface area contributed by atoms with E-state index in [0.717, 1.165) is 5.56 Å². The monoisotopic (exact) mass is 560 g/mol. The number of nitrogens with two attached hydrogens (primary N) is 1. The minimum atomic E-state index is -0.651. The van der Waals surface area contributed by atoms with Gasteiger partial charge < -0.3 is 20.1 Å². The molecule has 206 valence electrons. The molecule has 1 aliphatic heterocycles. The van der Waals surface area contributed by atoms with E-state index in [1.807, 2.05) is 37.8 Å². The molecular weight excluding hydrogens is 531 g/mol. The Morgan fingerprint density at radius 1 is 1.12 bits per heavy atom.